The molecule has 6 heteroatoms. The van der Waals surface area contributed by atoms with Crippen LogP contribution in [0.3, 0.4) is 0 Å². The standard InChI is InChI=1S/C11H17BrN4O/c1-17-8-7-16(6-4-10(13)14)11-9(12)3-2-5-15-11/h2-3,5H,4,6-8H2,1H3,(H3,13,14). The van der Waals surface area contributed by atoms with Gasteiger partial charge in [-0.25, -0.2) is 4.98 Å². The fourth-order valence-corrected chi connectivity index (χ4v) is 1.90. The van der Waals surface area contributed by atoms with E-state index in [-0.39, 0.29) is 5.84 Å². The molecule has 0 spiro atoms. The van der Waals surface area contributed by atoms with Crippen molar-refractivity contribution >= 4 is 27.6 Å². The Bertz CT molecular complexity index is 372. The minimum absolute atomic E-state index is 0.180. The molecule has 0 aliphatic carbocycles. The molecular formula is C11H17BrN4O. The molecule has 0 amide bonds. The number of halogens is 1. The second-order valence-corrected chi connectivity index (χ2v) is 4.42. The van der Waals surface area contributed by atoms with Crippen molar-refractivity contribution < 1.29 is 4.74 Å². The fourth-order valence-electron chi connectivity index (χ4n) is 1.39. The summed E-state index contributed by atoms with van der Waals surface area (Å²) in [5.74, 6) is 1.03. The van der Waals surface area contributed by atoms with E-state index < -0.39 is 0 Å². The van der Waals surface area contributed by atoms with Crippen molar-refractivity contribution in [2.75, 3.05) is 31.7 Å². The summed E-state index contributed by atoms with van der Waals surface area (Å²) < 4.78 is 6.00. The average Bonchev–Trinajstić information content (AvgIpc) is 2.30. The first kappa shape index (κ1) is 13.9. The van der Waals surface area contributed by atoms with Crippen LogP contribution in [0.15, 0.2) is 22.8 Å². The molecule has 1 heterocycles. The molecule has 3 N–H and O–H groups in total. The summed E-state index contributed by atoms with van der Waals surface area (Å²) in [7, 11) is 1.66. The van der Waals surface area contributed by atoms with Gasteiger partial charge in [0, 0.05) is 32.8 Å². The quantitative estimate of drug-likeness (QED) is 0.593. The molecule has 0 saturated carbocycles. The summed E-state index contributed by atoms with van der Waals surface area (Å²) in [6.07, 6.45) is 2.26. The summed E-state index contributed by atoms with van der Waals surface area (Å²) >= 11 is 3.47. The Morgan fingerprint density at radius 2 is 2.35 bits per heavy atom. The van der Waals surface area contributed by atoms with Crippen LogP contribution in [-0.2, 0) is 4.74 Å². The number of nitrogens with two attached hydrogens (primary N) is 1. The van der Waals surface area contributed by atoms with Gasteiger partial charge in [-0.05, 0) is 28.1 Å². The zero-order valence-corrected chi connectivity index (χ0v) is 11.4. The number of hydrogen-bond acceptors (Lipinski definition) is 4. The molecule has 0 atom stereocenters. The van der Waals surface area contributed by atoms with Gasteiger partial charge in [0.2, 0.25) is 0 Å². The van der Waals surface area contributed by atoms with E-state index in [0.29, 0.717) is 19.6 Å². The Hall–Kier alpha value is -1.14. The normalized spacial score (nSPS) is 10.2. The maximum atomic E-state index is 7.27. The molecular weight excluding hydrogens is 284 g/mol. The van der Waals surface area contributed by atoms with E-state index in [1.807, 2.05) is 12.1 Å². The molecule has 1 aromatic heterocycles. The lowest BCUT2D eigenvalue weighted by Gasteiger charge is -2.24. The van der Waals surface area contributed by atoms with Gasteiger partial charge in [-0.1, -0.05) is 0 Å². The van der Waals surface area contributed by atoms with E-state index in [1.165, 1.54) is 0 Å². The highest BCUT2D eigenvalue weighted by molar-refractivity contribution is 9.10. The first-order chi connectivity index (χ1) is 8.15. The third-order valence-corrected chi connectivity index (χ3v) is 2.87. The van der Waals surface area contributed by atoms with Gasteiger partial charge in [0.1, 0.15) is 5.82 Å². The summed E-state index contributed by atoms with van der Waals surface area (Å²) in [6, 6.07) is 3.81. The third-order valence-electron chi connectivity index (χ3n) is 2.25. The number of ether oxygens (including phenoxy) is 1. The molecule has 0 radical (unpaired) electrons. The molecule has 1 aromatic rings. The van der Waals surface area contributed by atoms with Gasteiger partial charge in [0.05, 0.1) is 16.9 Å². The van der Waals surface area contributed by atoms with Gasteiger partial charge in [0.15, 0.2) is 0 Å². The number of nitrogens with zero attached hydrogens (tertiary/aromatic N) is 2. The Balaban J connectivity index is 2.74. The van der Waals surface area contributed by atoms with Gasteiger partial charge < -0.3 is 15.4 Å². The zero-order chi connectivity index (χ0) is 12.7. The van der Waals surface area contributed by atoms with Gasteiger partial charge in [0.25, 0.3) is 0 Å². The van der Waals surface area contributed by atoms with E-state index in [0.717, 1.165) is 16.8 Å². The van der Waals surface area contributed by atoms with E-state index in [2.05, 4.69) is 25.8 Å². The minimum Gasteiger partial charge on any atom is -0.388 e. The summed E-state index contributed by atoms with van der Waals surface area (Å²) in [5, 5.41) is 7.27. The molecule has 0 saturated heterocycles. The van der Waals surface area contributed by atoms with Crippen LogP contribution in [0.1, 0.15) is 6.42 Å². The van der Waals surface area contributed by atoms with Crippen molar-refractivity contribution in [1.82, 2.24) is 4.98 Å². The van der Waals surface area contributed by atoms with Gasteiger partial charge in [-0.15, -0.1) is 0 Å². The number of anilines is 1. The topological polar surface area (TPSA) is 75.2 Å². The molecule has 17 heavy (non-hydrogen) atoms. The minimum atomic E-state index is 0.180. The fraction of sp³-hybridized carbons (Fsp3) is 0.455. The number of aromatic nitrogens is 1. The number of rotatable bonds is 7. The van der Waals surface area contributed by atoms with Crippen LogP contribution in [0.4, 0.5) is 5.82 Å². The van der Waals surface area contributed by atoms with Crippen LogP contribution in [-0.4, -0.2) is 37.6 Å². The Labute approximate surface area is 110 Å². The second kappa shape index (κ2) is 7.24. The number of hydrogen-bond donors (Lipinski definition) is 2. The van der Waals surface area contributed by atoms with Crippen LogP contribution in [0.25, 0.3) is 0 Å². The third kappa shape index (κ3) is 4.70. The largest absolute Gasteiger partial charge is 0.388 e. The SMILES string of the molecule is COCCN(CCC(=N)N)c1ncccc1Br. The van der Waals surface area contributed by atoms with Crippen molar-refractivity contribution in [3.05, 3.63) is 22.8 Å². The highest BCUT2D eigenvalue weighted by atomic mass is 79.9. The molecule has 94 valence electrons. The number of pyridine rings is 1. The summed E-state index contributed by atoms with van der Waals surface area (Å²) in [4.78, 5) is 6.37. The number of methoxy groups -OCH3 is 1. The maximum Gasteiger partial charge on any atom is 0.142 e. The van der Waals surface area contributed by atoms with E-state index in [4.69, 9.17) is 15.9 Å². The molecule has 0 aliphatic heterocycles. The van der Waals surface area contributed by atoms with Crippen molar-refractivity contribution in [2.45, 2.75) is 6.42 Å². The summed E-state index contributed by atoms with van der Waals surface area (Å²) in [5.41, 5.74) is 5.38. The van der Waals surface area contributed by atoms with Gasteiger partial charge in [-0.2, -0.15) is 0 Å². The smallest absolute Gasteiger partial charge is 0.142 e. The lowest BCUT2D eigenvalue weighted by Crippen LogP contribution is -2.31. The van der Waals surface area contributed by atoms with Crippen LogP contribution in [0, 0.1) is 5.41 Å². The zero-order valence-electron chi connectivity index (χ0n) is 9.82. The van der Waals surface area contributed by atoms with Gasteiger partial charge >= 0.3 is 0 Å². The summed E-state index contributed by atoms with van der Waals surface area (Å²) in [6.45, 7) is 1.99. The van der Waals surface area contributed by atoms with E-state index in [1.54, 1.807) is 13.3 Å². The first-order valence-corrected chi connectivity index (χ1v) is 6.11. The van der Waals surface area contributed by atoms with Crippen molar-refractivity contribution in [3.8, 4) is 0 Å². The maximum absolute atomic E-state index is 7.27. The van der Waals surface area contributed by atoms with Crippen LogP contribution in [0.5, 0.6) is 0 Å². The van der Waals surface area contributed by atoms with Crippen LogP contribution >= 0.6 is 15.9 Å². The lowest BCUT2D eigenvalue weighted by atomic mass is 10.3. The molecule has 0 aliphatic rings. The predicted molar refractivity (Wildman–Crippen MR) is 72.6 cm³/mol. The van der Waals surface area contributed by atoms with Crippen LogP contribution in [0.2, 0.25) is 0 Å². The Kier molecular flexibility index (Phi) is 5.93. The lowest BCUT2D eigenvalue weighted by molar-refractivity contribution is 0.205. The number of amidine groups is 1. The van der Waals surface area contributed by atoms with Crippen LogP contribution < -0.4 is 10.6 Å². The van der Waals surface area contributed by atoms with Crippen molar-refractivity contribution in [3.63, 3.8) is 0 Å². The highest BCUT2D eigenvalue weighted by Crippen LogP contribution is 2.22. The molecule has 0 bridgehead atoms. The Morgan fingerprint density at radius 3 is 2.94 bits per heavy atom. The Morgan fingerprint density at radius 1 is 1.59 bits per heavy atom. The highest BCUT2D eigenvalue weighted by Gasteiger charge is 2.11. The van der Waals surface area contributed by atoms with E-state index >= 15 is 0 Å². The second-order valence-electron chi connectivity index (χ2n) is 3.56. The molecule has 0 aromatic carbocycles. The number of nitrogens with one attached hydrogen (secondary N) is 1. The molecule has 0 unspecified atom stereocenters. The van der Waals surface area contributed by atoms with Gasteiger partial charge in [-0.3, -0.25) is 5.41 Å². The molecule has 0 fully saturated rings. The average molecular weight is 301 g/mol. The monoisotopic (exact) mass is 300 g/mol. The molecule has 1 rings (SSSR count). The van der Waals surface area contributed by atoms with Crippen molar-refractivity contribution in [1.29, 1.82) is 5.41 Å². The van der Waals surface area contributed by atoms with E-state index in [9.17, 15) is 0 Å². The van der Waals surface area contributed by atoms with Crippen molar-refractivity contribution in [2.24, 2.45) is 5.73 Å². The first-order valence-electron chi connectivity index (χ1n) is 5.32. The predicted octanol–water partition coefficient (Wildman–Crippen LogP) is 1.62. The molecule has 5 nitrogen and oxygen atoms in total.